The van der Waals surface area contributed by atoms with Crippen molar-refractivity contribution in [2.45, 2.75) is 6.42 Å². The quantitative estimate of drug-likeness (QED) is 0.677. The van der Waals surface area contributed by atoms with E-state index in [1.807, 2.05) is 11.3 Å². The molecule has 84 valence electrons. The highest BCUT2D eigenvalue weighted by atomic mass is 32.1. The number of allylic oxidation sites excluding steroid dienone is 6. The zero-order chi connectivity index (χ0) is 11.5. The third-order valence-electron chi connectivity index (χ3n) is 2.79. The van der Waals surface area contributed by atoms with Crippen LogP contribution in [0.25, 0.3) is 16.0 Å². The maximum Gasteiger partial charge on any atom is 0.0426 e. The van der Waals surface area contributed by atoms with E-state index in [9.17, 15) is 0 Å². The zero-order valence-electron chi connectivity index (χ0n) is 9.30. The summed E-state index contributed by atoms with van der Waals surface area (Å²) in [6, 6.07) is 4.43. The van der Waals surface area contributed by atoms with Crippen LogP contribution in [0.5, 0.6) is 0 Å². The van der Waals surface area contributed by atoms with E-state index in [1.165, 1.54) is 21.6 Å². The van der Waals surface area contributed by atoms with E-state index in [1.54, 1.807) is 11.3 Å². The first-order valence-electron chi connectivity index (χ1n) is 5.58. The predicted molar refractivity (Wildman–Crippen MR) is 78.5 cm³/mol. The molecule has 0 saturated heterocycles. The second-order valence-electron chi connectivity index (χ2n) is 3.88. The van der Waals surface area contributed by atoms with Gasteiger partial charge >= 0.3 is 0 Å². The van der Waals surface area contributed by atoms with Crippen molar-refractivity contribution >= 4 is 28.2 Å². The third-order valence-corrected chi connectivity index (χ3v) is 4.43. The van der Waals surface area contributed by atoms with Gasteiger partial charge in [0.1, 0.15) is 0 Å². The summed E-state index contributed by atoms with van der Waals surface area (Å²) in [6.45, 7) is 0. The lowest BCUT2D eigenvalue weighted by Gasteiger charge is -2.04. The summed E-state index contributed by atoms with van der Waals surface area (Å²) in [5.74, 6) is 0. The Morgan fingerprint density at radius 3 is 2.88 bits per heavy atom. The highest BCUT2D eigenvalue weighted by molar-refractivity contribution is 7.14. The van der Waals surface area contributed by atoms with Crippen molar-refractivity contribution in [3.05, 3.63) is 64.2 Å². The van der Waals surface area contributed by atoms with Gasteiger partial charge < -0.3 is 0 Å². The minimum absolute atomic E-state index is 1.01. The van der Waals surface area contributed by atoms with Crippen molar-refractivity contribution in [2.75, 3.05) is 0 Å². The molecule has 0 saturated carbocycles. The van der Waals surface area contributed by atoms with Crippen LogP contribution in [0.2, 0.25) is 0 Å². The summed E-state index contributed by atoms with van der Waals surface area (Å²) >= 11 is 3.58. The number of thiophene rings is 2. The average Bonchev–Trinajstić information content (AvgIpc) is 2.95. The maximum atomic E-state index is 2.23. The monoisotopic (exact) mass is 256 g/mol. The summed E-state index contributed by atoms with van der Waals surface area (Å²) in [4.78, 5) is 1.39. The highest BCUT2D eigenvalue weighted by Crippen LogP contribution is 2.36. The van der Waals surface area contributed by atoms with Gasteiger partial charge in [0.2, 0.25) is 0 Å². The van der Waals surface area contributed by atoms with E-state index in [0.29, 0.717) is 0 Å². The van der Waals surface area contributed by atoms with Crippen molar-refractivity contribution < 1.29 is 0 Å². The SMILES string of the molecule is C1=CC=C(c2ccsc2-c2ccsc2)CC=C1. The first kappa shape index (κ1) is 10.8. The normalized spacial score (nSPS) is 14.7. The van der Waals surface area contributed by atoms with Gasteiger partial charge in [-0.3, -0.25) is 0 Å². The van der Waals surface area contributed by atoms with Crippen molar-refractivity contribution in [1.82, 2.24) is 0 Å². The van der Waals surface area contributed by atoms with Gasteiger partial charge in [0.25, 0.3) is 0 Å². The summed E-state index contributed by atoms with van der Waals surface area (Å²) < 4.78 is 0. The van der Waals surface area contributed by atoms with Gasteiger partial charge in [0.15, 0.2) is 0 Å². The number of hydrogen-bond donors (Lipinski definition) is 0. The average molecular weight is 256 g/mol. The van der Waals surface area contributed by atoms with Crippen LogP contribution in [0.1, 0.15) is 12.0 Å². The summed E-state index contributed by atoms with van der Waals surface area (Å²) in [5, 5.41) is 6.54. The molecule has 0 aliphatic heterocycles. The van der Waals surface area contributed by atoms with E-state index in [-0.39, 0.29) is 0 Å². The Bertz CT molecular complexity index is 580. The number of rotatable bonds is 2. The molecule has 1 aliphatic carbocycles. The molecule has 0 amide bonds. The van der Waals surface area contributed by atoms with Gasteiger partial charge in [-0.05, 0) is 45.8 Å². The molecule has 0 nitrogen and oxygen atoms in total. The molecule has 1 aliphatic rings. The lowest BCUT2D eigenvalue weighted by molar-refractivity contribution is 1.41. The van der Waals surface area contributed by atoms with Crippen LogP contribution in [0.15, 0.2) is 58.7 Å². The topological polar surface area (TPSA) is 0 Å². The fourth-order valence-electron chi connectivity index (χ4n) is 1.96. The summed E-state index contributed by atoms with van der Waals surface area (Å²) in [7, 11) is 0. The van der Waals surface area contributed by atoms with Crippen LogP contribution in [-0.4, -0.2) is 0 Å². The van der Waals surface area contributed by atoms with E-state index in [2.05, 4.69) is 58.7 Å². The Hall–Kier alpha value is -1.38. The molecular weight excluding hydrogens is 244 g/mol. The molecule has 0 bridgehead atoms. The first-order valence-corrected chi connectivity index (χ1v) is 7.40. The molecule has 2 aromatic heterocycles. The lowest BCUT2D eigenvalue weighted by atomic mass is 10.0. The minimum Gasteiger partial charge on any atom is -0.152 e. The van der Waals surface area contributed by atoms with Crippen LogP contribution in [0.4, 0.5) is 0 Å². The van der Waals surface area contributed by atoms with E-state index in [4.69, 9.17) is 0 Å². The zero-order valence-corrected chi connectivity index (χ0v) is 10.9. The van der Waals surface area contributed by atoms with Crippen LogP contribution in [0.3, 0.4) is 0 Å². The van der Waals surface area contributed by atoms with Crippen molar-refractivity contribution in [3.63, 3.8) is 0 Å². The molecule has 17 heavy (non-hydrogen) atoms. The van der Waals surface area contributed by atoms with Gasteiger partial charge in [-0.1, -0.05) is 30.4 Å². The molecule has 0 atom stereocenters. The second-order valence-corrected chi connectivity index (χ2v) is 5.58. The Morgan fingerprint density at radius 2 is 2.00 bits per heavy atom. The van der Waals surface area contributed by atoms with Gasteiger partial charge in [-0.25, -0.2) is 0 Å². The van der Waals surface area contributed by atoms with Crippen molar-refractivity contribution in [2.24, 2.45) is 0 Å². The summed E-state index contributed by atoms with van der Waals surface area (Å²) in [5.41, 5.74) is 4.13. The fraction of sp³-hybridized carbons (Fsp3) is 0.0667. The van der Waals surface area contributed by atoms with Gasteiger partial charge in [0, 0.05) is 10.4 Å². The summed E-state index contributed by atoms with van der Waals surface area (Å²) in [6.07, 6.45) is 11.8. The van der Waals surface area contributed by atoms with Crippen LogP contribution >= 0.6 is 22.7 Å². The maximum absolute atomic E-state index is 2.23. The molecule has 0 aromatic carbocycles. The lowest BCUT2D eigenvalue weighted by Crippen LogP contribution is -1.82. The first-order chi connectivity index (χ1) is 8.45. The van der Waals surface area contributed by atoms with E-state index < -0.39 is 0 Å². The van der Waals surface area contributed by atoms with Crippen LogP contribution in [0, 0.1) is 0 Å². The Balaban J connectivity index is 2.05. The van der Waals surface area contributed by atoms with Crippen LogP contribution < -0.4 is 0 Å². The molecule has 3 rings (SSSR count). The molecule has 2 heterocycles. The molecule has 0 fully saturated rings. The van der Waals surface area contributed by atoms with Crippen molar-refractivity contribution in [1.29, 1.82) is 0 Å². The highest BCUT2D eigenvalue weighted by Gasteiger charge is 2.10. The second kappa shape index (κ2) is 4.86. The molecular formula is C15H12S2. The van der Waals surface area contributed by atoms with Gasteiger partial charge in [-0.2, -0.15) is 11.3 Å². The smallest absolute Gasteiger partial charge is 0.0426 e. The largest absolute Gasteiger partial charge is 0.152 e. The molecule has 0 N–H and O–H groups in total. The Morgan fingerprint density at radius 1 is 1.00 bits per heavy atom. The molecule has 0 unspecified atom stereocenters. The Labute approximate surface area is 109 Å². The minimum atomic E-state index is 1.01. The molecule has 0 spiro atoms. The molecule has 2 heteroatoms. The fourth-order valence-corrected chi connectivity index (χ4v) is 3.61. The molecule has 0 radical (unpaired) electrons. The van der Waals surface area contributed by atoms with E-state index in [0.717, 1.165) is 6.42 Å². The van der Waals surface area contributed by atoms with Crippen LogP contribution in [-0.2, 0) is 0 Å². The van der Waals surface area contributed by atoms with Gasteiger partial charge in [-0.15, -0.1) is 11.3 Å². The third kappa shape index (κ3) is 2.19. The van der Waals surface area contributed by atoms with E-state index >= 15 is 0 Å². The predicted octanol–water partition coefficient (Wildman–Crippen LogP) is 5.38. The van der Waals surface area contributed by atoms with Crippen molar-refractivity contribution in [3.8, 4) is 10.4 Å². The number of hydrogen-bond acceptors (Lipinski definition) is 2. The van der Waals surface area contributed by atoms with Gasteiger partial charge in [0.05, 0.1) is 0 Å². The standard InChI is InChI=1S/C15H12S2/c1-2-4-6-12(5-3-1)14-8-10-17-15(14)13-7-9-16-11-13/h1-5,7-11H,6H2. The Kier molecular flexibility index (Phi) is 3.08. The molecule has 2 aromatic rings.